The van der Waals surface area contributed by atoms with Crippen LogP contribution in [0.5, 0.6) is 17.2 Å². The number of carbonyl (C=O) groups excluding carboxylic acids is 2. The lowest BCUT2D eigenvalue weighted by molar-refractivity contribution is -0.305. The van der Waals surface area contributed by atoms with Gasteiger partial charge < -0.3 is 24.5 Å². The second-order valence-corrected chi connectivity index (χ2v) is 6.41. The quantitative estimate of drug-likeness (QED) is 0.580. The predicted molar refractivity (Wildman–Crippen MR) is 90.7 cm³/mol. The number of benzene rings is 1. The zero-order chi connectivity index (χ0) is 17.9. The summed E-state index contributed by atoms with van der Waals surface area (Å²) in [5, 5.41) is 20.4. The molecular formula is C15H14NO6S2-. The normalized spacial score (nSPS) is 15.9. The van der Waals surface area contributed by atoms with Crippen molar-refractivity contribution in [1.82, 2.24) is 4.90 Å². The SMILES string of the molecule is COc1cc(/C=C2\SC(=S)N(CCC(=O)[O-])C2=O)cc(OC)c1O. The Hall–Kier alpha value is -2.26. The van der Waals surface area contributed by atoms with Gasteiger partial charge in [0, 0.05) is 18.9 Å². The second kappa shape index (κ2) is 7.54. The number of amides is 1. The van der Waals surface area contributed by atoms with Crippen molar-refractivity contribution in [2.75, 3.05) is 20.8 Å². The topological polar surface area (TPSA) is 99.1 Å². The van der Waals surface area contributed by atoms with E-state index < -0.39 is 5.97 Å². The molecule has 2 rings (SSSR count). The van der Waals surface area contributed by atoms with Crippen molar-refractivity contribution in [3.05, 3.63) is 22.6 Å². The van der Waals surface area contributed by atoms with Crippen LogP contribution in [0.1, 0.15) is 12.0 Å². The zero-order valence-corrected chi connectivity index (χ0v) is 14.5. The highest BCUT2D eigenvalue weighted by Gasteiger charge is 2.31. The fourth-order valence-corrected chi connectivity index (χ4v) is 3.35. The van der Waals surface area contributed by atoms with E-state index in [1.807, 2.05) is 0 Å². The van der Waals surface area contributed by atoms with Gasteiger partial charge in [-0.25, -0.2) is 0 Å². The minimum atomic E-state index is -1.25. The number of rotatable bonds is 6. The Labute approximate surface area is 147 Å². The number of thiocarbonyl (C=S) groups is 1. The summed E-state index contributed by atoms with van der Waals surface area (Å²) in [6.07, 6.45) is 1.28. The molecule has 1 heterocycles. The summed E-state index contributed by atoms with van der Waals surface area (Å²) in [4.78, 5) is 24.4. The van der Waals surface area contributed by atoms with Crippen LogP contribution in [0.2, 0.25) is 0 Å². The number of carboxylic acids is 1. The molecule has 7 nitrogen and oxygen atoms in total. The van der Waals surface area contributed by atoms with E-state index in [0.29, 0.717) is 10.5 Å². The van der Waals surface area contributed by atoms with Crippen molar-refractivity contribution >= 4 is 46.3 Å². The first-order chi connectivity index (χ1) is 11.4. The van der Waals surface area contributed by atoms with E-state index in [1.165, 1.54) is 19.1 Å². The first-order valence-corrected chi connectivity index (χ1v) is 8.00. The summed E-state index contributed by atoms with van der Waals surface area (Å²) in [6, 6.07) is 3.09. The average Bonchev–Trinajstić information content (AvgIpc) is 2.80. The van der Waals surface area contributed by atoms with Crippen LogP contribution in [0.4, 0.5) is 0 Å². The Morgan fingerprint density at radius 3 is 2.46 bits per heavy atom. The van der Waals surface area contributed by atoms with Crippen LogP contribution in [-0.4, -0.2) is 47.0 Å². The van der Waals surface area contributed by atoms with Gasteiger partial charge in [-0.05, 0) is 23.8 Å². The Bertz CT molecular complexity index is 706. The Balaban J connectivity index is 2.30. The third-order valence-electron chi connectivity index (χ3n) is 3.21. The van der Waals surface area contributed by atoms with Crippen molar-refractivity contribution in [3.63, 3.8) is 0 Å². The van der Waals surface area contributed by atoms with Gasteiger partial charge in [0.2, 0.25) is 5.75 Å². The lowest BCUT2D eigenvalue weighted by Crippen LogP contribution is -2.33. The molecule has 0 aliphatic carbocycles. The van der Waals surface area contributed by atoms with Crippen LogP contribution in [-0.2, 0) is 9.59 Å². The van der Waals surface area contributed by atoms with Gasteiger partial charge >= 0.3 is 0 Å². The van der Waals surface area contributed by atoms with E-state index in [0.717, 1.165) is 11.8 Å². The highest BCUT2D eigenvalue weighted by molar-refractivity contribution is 8.26. The molecular weight excluding hydrogens is 354 g/mol. The monoisotopic (exact) mass is 368 g/mol. The van der Waals surface area contributed by atoms with Crippen LogP contribution in [0.25, 0.3) is 6.08 Å². The molecule has 9 heteroatoms. The van der Waals surface area contributed by atoms with E-state index in [2.05, 4.69) is 0 Å². The smallest absolute Gasteiger partial charge is 0.266 e. The van der Waals surface area contributed by atoms with Crippen molar-refractivity contribution in [2.24, 2.45) is 0 Å². The minimum Gasteiger partial charge on any atom is -0.550 e. The molecule has 1 aliphatic heterocycles. The summed E-state index contributed by atoms with van der Waals surface area (Å²) in [7, 11) is 2.80. The van der Waals surface area contributed by atoms with Crippen molar-refractivity contribution in [3.8, 4) is 17.2 Å². The molecule has 0 saturated carbocycles. The van der Waals surface area contributed by atoms with E-state index in [4.69, 9.17) is 21.7 Å². The largest absolute Gasteiger partial charge is 0.550 e. The average molecular weight is 368 g/mol. The maximum Gasteiger partial charge on any atom is 0.266 e. The number of hydrogen-bond donors (Lipinski definition) is 1. The van der Waals surface area contributed by atoms with Crippen molar-refractivity contribution < 1.29 is 29.3 Å². The Kier molecular flexibility index (Phi) is 5.68. The van der Waals surface area contributed by atoms with E-state index in [9.17, 15) is 19.8 Å². The summed E-state index contributed by atoms with van der Waals surface area (Å²) in [5.41, 5.74) is 0.571. The molecule has 0 bridgehead atoms. The molecule has 1 amide bonds. The minimum absolute atomic E-state index is 0.0352. The fourth-order valence-electron chi connectivity index (χ4n) is 2.04. The lowest BCUT2D eigenvalue weighted by atomic mass is 10.1. The molecule has 0 atom stereocenters. The Morgan fingerprint density at radius 1 is 1.38 bits per heavy atom. The zero-order valence-electron chi connectivity index (χ0n) is 12.9. The molecule has 1 fully saturated rings. The maximum atomic E-state index is 12.3. The van der Waals surface area contributed by atoms with Gasteiger partial charge in [-0.3, -0.25) is 9.69 Å². The van der Waals surface area contributed by atoms with Gasteiger partial charge in [-0.2, -0.15) is 0 Å². The maximum absolute atomic E-state index is 12.3. The molecule has 0 spiro atoms. The highest BCUT2D eigenvalue weighted by atomic mass is 32.2. The number of ether oxygens (including phenoxy) is 2. The van der Waals surface area contributed by atoms with Gasteiger partial charge in [0.1, 0.15) is 4.32 Å². The summed E-state index contributed by atoms with van der Waals surface area (Å²) in [5.74, 6) is -1.36. The predicted octanol–water partition coefficient (Wildman–Crippen LogP) is 0.751. The molecule has 0 radical (unpaired) electrons. The van der Waals surface area contributed by atoms with Crippen molar-refractivity contribution in [1.29, 1.82) is 0 Å². The first-order valence-electron chi connectivity index (χ1n) is 6.77. The van der Waals surface area contributed by atoms with Crippen LogP contribution in [0.15, 0.2) is 17.0 Å². The Morgan fingerprint density at radius 2 is 1.96 bits per heavy atom. The van der Waals surface area contributed by atoms with Crippen LogP contribution in [0.3, 0.4) is 0 Å². The summed E-state index contributed by atoms with van der Waals surface area (Å²) < 4.78 is 10.4. The first kappa shape index (κ1) is 18.1. The highest BCUT2D eigenvalue weighted by Crippen LogP contribution is 2.39. The molecule has 1 saturated heterocycles. The van der Waals surface area contributed by atoms with Crippen LogP contribution >= 0.6 is 24.0 Å². The molecule has 24 heavy (non-hydrogen) atoms. The number of phenolic OH excluding ortho intramolecular Hbond substituents is 1. The molecule has 1 aromatic carbocycles. The number of carbonyl (C=O) groups is 2. The number of phenols is 1. The molecule has 0 unspecified atom stereocenters. The van der Waals surface area contributed by atoms with Crippen LogP contribution < -0.4 is 14.6 Å². The van der Waals surface area contributed by atoms with E-state index >= 15 is 0 Å². The number of methoxy groups -OCH3 is 2. The van der Waals surface area contributed by atoms with Gasteiger partial charge in [-0.1, -0.05) is 24.0 Å². The van der Waals surface area contributed by atoms with Gasteiger partial charge in [0.05, 0.1) is 19.1 Å². The molecule has 1 aromatic rings. The number of thioether (sulfide) groups is 1. The van der Waals surface area contributed by atoms with Gasteiger partial charge in [0.15, 0.2) is 11.5 Å². The molecule has 0 aromatic heterocycles. The second-order valence-electron chi connectivity index (χ2n) is 4.73. The standard InChI is InChI=1S/C15H15NO6S2/c1-21-9-5-8(6-10(22-2)13(9)19)7-11-14(20)16(15(23)24-11)4-3-12(17)18/h5-7,19H,3-4H2,1-2H3,(H,17,18)/p-1/b11-7-. The summed E-state index contributed by atoms with van der Waals surface area (Å²) in [6.45, 7) is -0.0352. The number of nitrogens with zero attached hydrogens (tertiary/aromatic N) is 1. The van der Waals surface area contributed by atoms with E-state index in [1.54, 1.807) is 18.2 Å². The third-order valence-corrected chi connectivity index (χ3v) is 4.59. The fraction of sp³-hybridized carbons (Fsp3) is 0.267. The summed E-state index contributed by atoms with van der Waals surface area (Å²) >= 11 is 6.18. The lowest BCUT2D eigenvalue weighted by Gasteiger charge is -2.14. The van der Waals surface area contributed by atoms with Gasteiger partial charge in [0.25, 0.3) is 5.91 Å². The van der Waals surface area contributed by atoms with Gasteiger partial charge in [-0.15, -0.1) is 0 Å². The van der Waals surface area contributed by atoms with Crippen LogP contribution in [0, 0.1) is 0 Å². The molecule has 1 aliphatic rings. The molecule has 1 N–H and O–H groups in total. The third kappa shape index (κ3) is 3.80. The van der Waals surface area contributed by atoms with E-state index in [-0.39, 0.29) is 40.4 Å². The van der Waals surface area contributed by atoms with Crippen molar-refractivity contribution in [2.45, 2.75) is 6.42 Å². The number of aromatic hydroxyl groups is 1. The number of aliphatic carboxylic acids is 1. The number of hydrogen-bond acceptors (Lipinski definition) is 8. The molecule has 128 valence electrons. The number of carboxylic acid groups (broad SMARTS) is 1.